The summed E-state index contributed by atoms with van der Waals surface area (Å²) in [6, 6.07) is 2.11. The summed E-state index contributed by atoms with van der Waals surface area (Å²) in [4.78, 5) is 31.0. The first kappa shape index (κ1) is 22.3. The predicted molar refractivity (Wildman–Crippen MR) is 135 cm³/mol. The Morgan fingerprint density at radius 2 is 1.97 bits per heavy atom. The molecule has 7 nitrogen and oxygen atoms in total. The van der Waals surface area contributed by atoms with Crippen LogP contribution >= 0.6 is 23.6 Å². The quantitative estimate of drug-likeness (QED) is 0.448. The van der Waals surface area contributed by atoms with Crippen molar-refractivity contribution in [1.29, 1.82) is 0 Å². The molecule has 2 aromatic rings. The summed E-state index contributed by atoms with van der Waals surface area (Å²) < 4.78 is 0. The Labute approximate surface area is 203 Å². The van der Waals surface area contributed by atoms with Gasteiger partial charge in [-0.15, -0.1) is 11.3 Å². The number of pyridine rings is 1. The maximum atomic E-state index is 13.2. The van der Waals surface area contributed by atoms with Crippen LogP contribution in [0.25, 0.3) is 0 Å². The van der Waals surface area contributed by atoms with E-state index in [-0.39, 0.29) is 23.8 Å². The second kappa shape index (κ2) is 9.38. The molecule has 0 spiro atoms. The number of hydrogen-bond acceptors (Lipinski definition) is 5. The minimum absolute atomic E-state index is 0.0386. The minimum Gasteiger partial charge on any atom is -0.359 e. The van der Waals surface area contributed by atoms with Crippen LogP contribution in [0.15, 0.2) is 18.5 Å². The molecule has 174 valence electrons. The zero-order valence-corrected chi connectivity index (χ0v) is 20.3. The second-order valence-corrected chi connectivity index (χ2v) is 10.9. The van der Waals surface area contributed by atoms with Gasteiger partial charge in [0.2, 0.25) is 5.91 Å². The molecule has 3 aliphatic rings. The normalized spacial score (nSPS) is 19.4. The number of nitrogens with zero attached hydrogens (tertiary/aromatic N) is 1. The maximum absolute atomic E-state index is 13.2. The van der Waals surface area contributed by atoms with Crippen molar-refractivity contribution < 1.29 is 9.59 Å². The fraction of sp³-hybridized carbons (Fsp3) is 0.500. The number of aryl methyl sites for hydroxylation is 2. The Morgan fingerprint density at radius 3 is 2.70 bits per heavy atom. The van der Waals surface area contributed by atoms with Crippen molar-refractivity contribution in [2.45, 2.75) is 57.9 Å². The number of thiocarbonyl (C=S) groups is 1. The SMILES string of the molecule is Cc1cncc(NC(=S)N[C@H]2CCc3sc(NC(=O)C4CC4)c(C(=O)NCC4CC4)c3C2)c1. The number of fused-ring (bicyclic) bond motifs is 1. The third-order valence-electron chi connectivity index (χ3n) is 6.39. The van der Waals surface area contributed by atoms with Crippen molar-refractivity contribution in [2.24, 2.45) is 11.8 Å². The first-order valence-corrected chi connectivity index (χ1v) is 12.9. The molecule has 1 atom stereocenters. The van der Waals surface area contributed by atoms with Gasteiger partial charge in [-0.2, -0.15) is 0 Å². The molecule has 0 aromatic carbocycles. The van der Waals surface area contributed by atoms with Crippen LogP contribution in [0.5, 0.6) is 0 Å². The van der Waals surface area contributed by atoms with E-state index in [1.165, 1.54) is 17.7 Å². The standard InChI is InChI=1S/C24H29N5O2S2/c1-13-8-17(12-25-10-13)28-24(32)27-16-6-7-19-18(9-16)20(22(31)26-11-14-2-3-14)23(33-19)29-21(30)15-4-5-15/h8,10,12,14-16H,2-7,9,11H2,1H3,(H,26,31)(H,29,30)(H2,27,28,32)/t16-/m0/s1. The van der Waals surface area contributed by atoms with Crippen LogP contribution in [0.3, 0.4) is 0 Å². The molecular weight excluding hydrogens is 454 g/mol. The molecule has 5 rings (SSSR count). The number of carbonyl (C=O) groups is 2. The number of rotatable bonds is 7. The molecule has 2 saturated carbocycles. The molecule has 2 amide bonds. The van der Waals surface area contributed by atoms with Crippen molar-refractivity contribution in [3.63, 3.8) is 0 Å². The van der Waals surface area contributed by atoms with E-state index in [0.717, 1.165) is 42.5 Å². The lowest BCUT2D eigenvalue weighted by Crippen LogP contribution is -2.41. The van der Waals surface area contributed by atoms with Crippen LogP contribution in [0.2, 0.25) is 0 Å². The van der Waals surface area contributed by atoms with Crippen LogP contribution in [0, 0.1) is 18.8 Å². The number of nitrogens with one attached hydrogen (secondary N) is 4. The average Bonchev–Trinajstić information content (AvgIpc) is 3.69. The van der Waals surface area contributed by atoms with Crippen molar-refractivity contribution in [1.82, 2.24) is 15.6 Å². The summed E-state index contributed by atoms with van der Waals surface area (Å²) in [7, 11) is 0. The summed E-state index contributed by atoms with van der Waals surface area (Å²) in [5.41, 5.74) is 3.61. The summed E-state index contributed by atoms with van der Waals surface area (Å²) in [6.07, 6.45) is 10.3. The van der Waals surface area contributed by atoms with Gasteiger partial charge >= 0.3 is 0 Å². The number of anilines is 2. The van der Waals surface area contributed by atoms with Crippen molar-refractivity contribution in [3.05, 3.63) is 40.0 Å². The Bertz CT molecular complexity index is 1090. The Morgan fingerprint density at radius 1 is 1.15 bits per heavy atom. The molecule has 0 aliphatic heterocycles. The molecule has 33 heavy (non-hydrogen) atoms. The van der Waals surface area contributed by atoms with Crippen LogP contribution in [0.4, 0.5) is 10.7 Å². The molecule has 2 aromatic heterocycles. The van der Waals surface area contributed by atoms with E-state index in [1.54, 1.807) is 23.7 Å². The summed E-state index contributed by atoms with van der Waals surface area (Å²) in [5.74, 6) is 0.664. The Balaban J connectivity index is 1.30. The molecule has 0 saturated heterocycles. The van der Waals surface area contributed by atoms with Crippen LogP contribution in [-0.4, -0.2) is 34.5 Å². The van der Waals surface area contributed by atoms with E-state index in [1.807, 2.05) is 13.0 Å². The smallest absolute Gasteiger partial charge is 0.254 e. The largest absolute Gasteiger partial charge is 0.359 e. The van der Waals surface area contributed by atoms with E-state index in [2.05, 4.69) is 26.3 Å². The van der Waals surface area contributed by atoms with E-state index >= 15 is 0 Å². The van der Waals surface area contributed by atoms with E-state index < -0.39 is 0 Å². The topological polar surface area (TPSA) is 95.2 Å². The molecule has 4 N–H and O–H groups in total. The number of aromatic nitrogens is 1. The second-order valence-electron chi connectivity index (χ2n) is 9.41. The fourth-order valence-corrected chi connectivity index (χ4v) is 5.75. The Hall–Kier alpha value is -2.52. The molecule has 2 fully saturated rings. The van der Waals surface area contributed by atoms with Crippen molar-refractivity contribution >= 4 is 51.2 Å². The summed E-state index contributed by atoms with van der Waals surface area (Å²) in [5, 5.41) is 14.0. The molecule has 9 heteroatoms. The Kier molecular flexibility index (Phi) is 6.34. The number of carbonyl (C=O) groups excluding carboxylic acids is 2. The monoisotopic (exact) mass is 483 g/mol. The zero-order chi connectivity index (χ0) is 22.9. The lowest BCUT2D eigenvalue weighted by molar-refractivity contribution is -0.117. The van der Waals surface area contributed by atoms with Gasteiger partial charge in [0.05, 0.1) is 17.4 Å². The van der Waals surface area contributed by atoms with Gasteiger partial charge in [0.15, 0.2) is 5.11 Å². The van der Waals surface area contributed by atoms with Crippen molar-refractivity contribution in [3.8, 4) is 0 Å². The number of amides is 2. The highest BCUT2D eigenvalue weighted by atomic mass is 32.1. The highest BCUT2D eigenvalue weighted by Crippen LogP contribution is 2.40. The highest BCUT2D eigenvalue weighted by Gasteiger charge is 2.34. The maximum Gasteiger partial charge on any atom is 0.254 e. The minimum atomic E-state index is -0.0716. The van der Waals surface area contributed by atoms with Crippen molar-refractivity contribution in [2.75, 3.05) is 17.2 Å². The van der Waals surface area contributed by atoms with E-state index in [9.17, 15) is 9.59 Å². The molecule has 0 unspecified atom stereocenters. The van der Waals surface area contributed by atoms with Gasteiger partial charge in [-0.05, 0) is 87.2 Å². The summed E-state index contributed by atoms with van der Waals surface area (Å²) >= 11 is 7.10. The van der Waals surface area contributed by atoms with Gasteiger partial charge in [-0.25, -0.2) is 0 Å². The van der Waals surface area contributed by atoms with Crippen LogP contribution < -0.4 is 21.3 Å². The zero-order valence-electron chi connectivity index (χ0n) is 18.7. The molecular formula is C24H29N5O2S2. The lowest BCUT2D eigenvalue weighted by Gasteiger charge is -2.25. The third-order valence-corrected chi connectivity index (χ3v) is 7.82. The first-order chi connectivity index (χ1) is 16.0. The molecule has 0 radical (unpaired) electrons. The first-order valence-electron chi connectivity index (χ1n) is 11.7. The van der Waals surface area contributed by atoms with Crippen LogP contribution in [-0.2, 0) is 17.6 Å². The number of hydrogen-bond donors (Lipinski definition) is 4. The van der Waals surface area contributed by atoms with Gasteiger partial charge in [-0.1, -0.05) is 0 Å². The predicted octanol–water partition coefficient (Wildman–Crippen LogP) is 3.78. The van der Waals surface area contributed by atoms with Gasteiger partial charge in [0.25, 0.3) is 5.91 Å². The lowest BCUT2D eigenvalue weighted by atomic mass is 9.91. The van der Waals surface area contributed by atoms with E-state index in [0.29, 0.717) is 34.6 Å². The van der Waals surface area contributed by atoms with Gasteiger partial charge in [-0.3, -0.25) is 14.6 Å². The summed E-state index contributed by atoms with van der Waals surface area (Å²) in [6.45, 7) is 2.70. The highest BCUT2D eigenvalue weighted by molar-refractivity contribution is 7.80. The molecule has 3 aliphatic carbocycles. The average molecular weight is 484 g/mol. The van der Waals surface area contributed by atoms with Crippen LogP contribution in [0.1, 0.15) is 58.5 Å². The van der Waals surface area contributed by atoms with Gasteiger partial charge in [0.1, 0.15) is 5.00 Å². The van der Waals surface area contributed by atoms with Gasteiger partial charge in [0, 0.05) is 29.6 Å². The fourth-order valence-electron chi connectivity index (χ4n) is 4.22. The van der Waals surface area contributed by atoms with Gasteiger partial charge < -0.3 is 21.3 Å². The number of thiophene rings is 1. The van der Waals surface area contributed by atoms with E-state index in [4.69, 9.17) is 12.2 Å². The molecule has 0 bridgehead atoms. The molecule has 2 heterocycles. The third kappa shape index (κ3) is 5.52.